The van der Waals surface area contributed by atoms with E-state index in [0.717, 1.165) is 32.0 Å². The van der Waals surface area contributed by atoms with Gasteiger partial charge >= 0.3 is 0 Å². The van der Waals surface area contributed by atoms with Gasteiger partial charge < -0.3 is 9.47 Å². The average molecular weight is 248 g/mol. The zero-order valence-electron chi connectivity index (χ0n) is 11.1. The molecule has 1 aromatic rings. The second-order valence-corrected chi connectivity index (χ2v) is 3.92. The fourth-order valence-corrected chi connectivity index (χ4v) is 1.60. The minimum Gasteiger partial charge on any atom is -0.492 e. The molecule has 0 aliphatic rings. The monoisotopic (exact) mass is 248 g/mol. The molecular weight excluding hydrogens is 228 g/mol. The summed E-state index contributed by atoms with van der Waals surface area (Å²) in [6, 6.07) is 9.32. The lowest BCUT2D eigenvalue weighted by Gasteiger charge is -2.19. The van der Waals surface area contributed by atoms with Crippen molar-refractivity contribution in [2.45, 2.75) is 6.92 Å². The fourth-order valence-electron chi connectivity index (χ4n) is 1.60. The van der Waals surface area contributed by atoms with Crippen LogP contribution in [0.1, 0.15) is 12.5 Å². The number of ether oxygens (including phenoxy) is 2. The lowest BCUT2D eigenvalue weighted by molar-refractivity contribution is 0.138. The molecule has 0 N–H and O–H groups in total. The fraction of sp³-hybridized carbons (Fsp3) is 0.500. The first kappa shape index (κ1) is 14.5. The molecule has 4 nitrogen and oxygen atoms in total. The van der Waals surface area contributed by atoms with Crippen LogP contribution in [0.4, 0.5) is 0 Å². The van der Waals surface area contributed by atoms with Gasteiger partial charge in [0.25, 0.3) is 0 Å². The SMILES string of the molecule is CCN(CCOC)CCOc1cccc(C#N)c1. The first-order chi connectivity index (χ1) is 8.80. The highest BCUT2D eigenvalue weighted by Crippen LogP contribution is 2.12. The van der Waals surface area contributed by atoms with Gasteiger partial charge in [0.05, 0.1) is 18.2 Å². The summed E-state index contributed by atoms with van der Waals surface area (Å²) in [5.41, 5.74) is 0.624. The molecule has 1 rings (SSSR count). The van der Waals surface area contributed by atoms with Crippen LogP contribution in [0.2, 0.25) is 0 Å². The molecule has 0 unspecified atom stereocenters. The lowest BCUT2D eigenvalue weighted by Crippen LogP contribution is -2.31. The summed E-state index contributed by atoms with van der Waals surface area (Å²) >= 11 is 0. The van der Waals surface area contributed by atoms with E-state index in [4.69, 9.17) is 14.7 Å². The van der Waals surface area contributed by atoms with E-state index in [0.29, 0.717) is 12.2 Å². The number of methoxy groups -OCH3 is 1. The third-order valence-corrected chi connectivity index (χ3v) is 2.70. The number of rotatable bonds is 8. The van der Waals surface area contributed by atoms with Crippen LogP contribution in [0, 0.1) is 11.3 Å². The standard InChI is InChI=1S/C14H20N2O2/c1-3-16(7-9-17-2)8-10-18-14-6-4-5-13(11-14)12-15/h4-6,11H,3,7-10H2,1-2H3. The van der Waals surface area contributed by atoms with Crippen molar-refractivity contribution in [1.29, 1.82) is 5.26 Å². The molecule has 0 radical (unpaired) electrons. The molecule has 4 heteroatoms. The predicted octanol–water partition coefficient (Wildman–Crippen LogP) is 1.91. The molecule has 0 aromatic heterocycles. The summed E-state index contributed by atoms with van der Waals surface area (Å²) < 4.78 is 10.7. The Morgan fingerprint density at radius 3 is 2.72 bits per heavy atom. The Bertz CT molecular complexity index is 388. The molecule has 0 amide bonds. The summed E-state index contributed by atoms with van der Waals surface area (Å²) in [6.07, 6.45) is 0. The van der Waals surface area contributed by atoms with Gasteiger partial charge in [-0.2, -0.15) is 5.26 Å². The Morgan fingerprint density at radius 1 is 1.28 bits per heavy atom. The number of likely N-dealkylation sites (N-methyl/N-ethyl adjacent to an activating group) is 1. The summed E-state index contributed by atoms with van der Waals surface area (Å²) in [7, 11) is 1.71. The third-order valence-electron chi connectivity index (χ3n) is 2.70. The van der Waals surface area contributed by atoms with Crippen molar-refractivity contribution in [2.75, 3.05) is 40.0 Å². The molecule has 18 heavy (non-hydrogen) atoms. The van der Waals surface area contributed by atoms with Crippen LogP contribution >= 0.6 is 0 Å². The first-order valence-electron chi connectivity index (χ1n) is 6.14. The van der Waals surface area contributed by atoms with Crippen LogP contribution in [0.25, 0.3) is 0 Å². The van der Waals surface area contributed by atoms with E-state index in [1.807, 2.05) is 12.1 Å². The third kappa shape index (κ3) is 5.17. The maximum Gasteiger partial charge on any atom is 0.120 e. The number of hydrogen-bond acceptors (Lipinski definition) is 4. The van der Waals surface area contributed by atoms with Crippen molar-refractivity contribution in [3.05, 3.63) is 29.8 Å². The van der Waals surface area contributed by atoms with E-state index in [2.05, 4.69) is 17.9 Å². The molecular formula is C14H20N2O2. The van der Waals surface area contributed by atoms with Gasteiger partial charge in [-0.15, -0.1) is 0 Å². The van der Waals surface area contributed by atoms with E-state index in [1.165, 1.54) is 0 Å². The van der Waals surface area contributed by atoms with Gasteiger partial charge in [0, 0.05) is 20.2 Å². The van der Waals surface area contributed by atoms with Gasteiger partial charge in [-0.3, -0.25) is 4.90 Å². The Balaban J connectivity index is 2.33. The Kier molecular flexibility index (Phi) is 6.85. The molecule has 0 saturated heterocycles. The highest BCUT2D eigenvalue weighted by atomic mass is 16.5. The van der Waals surface area contributed by atoms with E-state index in [9.17, 15) is 0 Å². The highest BCUT2D eigenvalue weighted by molar-refractivity contribution is 5.36. The van der Waals surface area contributed by atoms with Gasteiger partial charge in [-0.05, 0) is 24.7 Å². The van der Waals surface area contributed by atoms with Gasteiger partial charge in [-0.25, -0.2) is 0 Å². The maximum atomic E-state index is 8.78. The van der Waals surface area contributed by atoms with Crippen molar-refractivity contribution in [3.63, 3.8) is 0 Å². The Labute approximate surface area is 109 Å². The number of nitrogens with zero attached hydrogens (tertiary/aromatic N) is 2. The van der Waals surface area contributed by atoms with E-state index in [1.54, 1.807) is 19.2 Å². The normalized spacial score (nSPS) is 10.3. The average Bonchev–Trinajstić information content (AvgIpc) is 2.43. The van der Waals surface area contributed by atoms with Crippen LogP contribution in [0.3, 0.4) is 0 Å². The summed E-state index contributed by atoms with van der Waals surface area (Å²) in [5.74, 6) is 0.747. The molecule has 0 atom stereocenters. The largest absolute Gasteiger partial charge is 0.492 e. The van der Waals surface area contributed by atoms with Crippen LogP contribution in [0.15, 0.2) is 24.3 Å². The second-order valence-electron chi connectivity index (χ2n) is 3.92. The molecule has 98 valence electrons. The highest BCUT2D eigenvalue weighted by Gasteiger charge is 2.02. The van der Waals surface area contributed by atoms with E-state index < -0.39 is 0 Å². The molecule has 1 aromatic carbocycles. The van der Waals surface area contributed by atoms with Gasteiger partial charge in [-0.1, -0.05) is 13.0 Å². The van der Waals surface area contributed by atoms with Crippen molar-refractivity contribution in [3.8, 4) is 11.8 Å². The summed E-state index contributed by atoms with van der Waals surface area (Å²) in [5, 5.41) is 8.78. The lowest BCUT2D eigenvalue weighted by atomic mass is 10.2. The minimum absolute atomic E-state index is 0.617. The molecule has 0 aliphatic carbocycles. The zero-order valence-corrected chi connectivity index (χ0v) is 11.1. The number of benzene rings is 1. The molecule has 0 saturated carbocycles. The van der Waals surface area contributed by atoms with Gasteiger partial charge in [0.2, 0.25) is 0 Å². The summed E-state index contributed by atoms with van der Waals surface area (Å²) in [6.45, 7) is 6.21. The van der Waals surface area contributed by atoms with Crippen LogP contribution in [0.5, 0.6) is 5.75 Å². The molecule has 0 fully saturated rings. The molecule has 0 aliphatic heterocycles. The van der Waals surface area contributed by atoms with Crippen molar-refractivity contribution < 1.29 is 9.47 Å². The van der Waals surface area contributed by atoms with Gasteiger partial charge in [0.15, 0.2) is 0 Å². The summed E-state index contributed by atoms with van der Waals surface area (Å²) in [4.78, 5) is 2.26. The van der Waals surface area contributed by atoms with Crippen LogP contribution in [-0.4, -0.2) is 44.9 Å². The van der Waals surface area contributed by atoms with Crippen molar-refractivity contribution >= 4 is 0 Å². The second kappa shape index (κ2) is 8.51. The number of hydrogen-bond donors (Lipinski definition) is 0. The maximum absolute atomic E-state index is 8.78. The van der Waals surface area contributed by atoms with Crippen molar-refractivity contribution in [1.82, 2.24) is 4.90 Å². The number of nitriles is 1. The molecule has 0 heterocycles. The molecule has 0 spiro atoms. The Morgan fingerprint density at radius 2 is 2.06 bits per heavy atom. The minimum atomic E-state index is 0.617. The predicted molar refractivity (Wildman–Crippen MR) is 70.6 cm³/mol. The first-order valence-corrected chi connectivity index (χ1v) is 6.14. The van der Waals surface area contributed by atoms with Crippen LogP contribution < -0.4 is 4.74 Å². The van der Waals surface area contributed by atoms with E-state index in [-0.39, 0.29) is 0 Å². The smallest absolute Gasteiger partial charge is 0.120 e. The molecule has 0 bridgehead atoms. The van der Waals surface area contributed by atoms with Crippen LogP contribution in [-0.2, 0) is 4.74 Å². The topological polar surface area (TPSA) is 45.5 Å². The van der Waals surface area contributed by atoms with Gasteiger partial charge in [0.1, 0.15) is 12.4 Å². The zero-order chi connectivity index (χ0) is 13.2. The van der Waals surface area contributed by atoms with Crippen molar-refractivity contribution in [2.24, 2.45) is 0 Å². The quantitative estimate of drug-likeness (QED) is 0.705. The van der Waals surface area contributed by atoms with E-state index >= 15 is 0 Å². The Hall–Kier alpha value is -1.57.